The minimum Gasteiger partial charge on any atom is -0.356 e. The molecule has 2 aromatic heterocycles. The largest absolute Gasteiger partial charge is 0.356 e. The van der Waals surface area contributed by atoms with E-state index in [0.29, 0.717) is 18.9 Å². The lowest BCUT2D eigenvalue weighted by Crippen LogP contribution is -2.40. The van der Waals surface area contributed by atoms with Crippen LogP contribution in [-0.4, -0.2) is 36.2 Å². The smallest absolute Gasteiger partial charge is 0.220 e. The Morgan fingerprint density at radius 1 is 1.16 bits per heavy atom. The van der Waals surface area contributed by atoms with Gasteiger partial charge < -0.3 is 5.32 Å². The fourth-order valence-corrected chi connectivity index (χ4v) is 4.66. The number of nitrogens with one attached hydrogen (secondary N) is 1. The number of carbonyl (C=O) groups excluding carboxylic acids is 2. The summed E-state index contributed by atoms with van der Waals surface area (Å²) in [5, 5.41) is 7.03. The minimum atomic E-state index is -0.0136. The van der Waals surface area contributed by atoms with E-state index in [9.17, 15) is 9.59 Å². The fourth-order valence-electron chi connectivity index (χ4n) is 3.22. The molecular formula is C19H24N2O2S2. The van der Waals surface area contributed by atoms with Gasteiger partial charge >= 0.3 is 0 Å². The van der Waals surface area contributed by atoms with Gasteiger partial charge in [-0.1, -0.05) is 12.1 Å². The van der Waals surface area contributed by atoms with Crippen molar-refractivity contribution in [3.05, 3.63) is 44.8 Å². The quantitative estimate of drug-likeness (QED) is 0.713. The molecule has 1 N–H and O–H groups in total. The van der Waals surface area contributed by atoms with Crippen LogP contribution in [0.5, 0.6) is 0 Å². The summed E-state index contributed by atoms with van der Waals surface area (Å²) < 4.78 is 0. The monoisotopic (exact) mass is 376 g/mol. The Bertz CT molecular complexity index is 668. The van der Waals surface area contributed by atoms with E-state index in [1.807, 2.05) is 17.5 Å². The van der Waals surface area contributed by atoms with Crippen LogP contribution in [0.3, 0.4) is 0 Å². The molecule has 1 unspecified atom stereocenters. The van der Waals surface area contributed by atoms with Crippen molar-refractivity contribution in [1.82, 2.24) is 10.2 Å². The predicted octanol–water partition coefficient (Wildman–Crippen LogP) is 3.80. The molecule has 1 atom stereocenters. The normalized spacial score (nSPS) is 18.2. The number of Topliss-reactive ketones (excluding diaryl/α,β-unsaturated/α-hetero) is 1. The van der Waals surface area contributed by atoms with E-state index in [1.165, 1.54) is 22.6 Å². The van der Waals surface area contributed by atoms with Crippen LogP contribution in [0.1, 0.15) is 40.2 Å². The molecule has 0 aliphatic carbocycles. The first-order valence-electron chi connectivity index (χ1n) is 8.79. The second-order valence-electron chi connectivity index (χ2n) is 6.53. The average Bonchev–Trinajstić information content (AvgIpc) is 3.32. The van der Waals surface area contributed by atoms with E-state index in [0.717, 1.165) is 30.9 Å². The van der Waals surface area contributed by atoms with Gasteiger partial charge in [-0.25, -0.2) is 0 Å². The molecular weight excluding hydrogens is 352 g/mol. The van der Waals surface area contributed by atoms with Crippen LogP contribution in [0.15, 0.2) is 35.0 Å². The summed E-state index contributed by atoms with van der Waals surface area (Å²) in [7, 11) is 0. The number of hydrogen-bond acceptors (Lipinski definition) is 5. The number of rotatable bonds is 8. The highest BCUT2D eigenvalue weighted by molar-refractivity contribution is 7.12. The Morgan fingerprint density at radius 3 is 2.76 bits per heavy atom. The number of thiophene rings is 2. The molecule has 1 aliphatic heterocycles. The van der Waals surface area contributed by atoms with Gasteiger partial charge in [0.05, 0.1) is 4.88 Å². The van der Waals surface area contributed by atoms with E-state index in [-0.39, 0.29) is 18.1 Å². The summed E-state index contributed by atoms with van der Waals surface area (Å²) in [5.74, 6) is 0.552. The molecule has 2 aromatic rings. The average molecular weight is 377 g/mol. The maximum absolute atomic E-state index is 12.0. The van der Waals surface area contributed by atoms with Crippen molar-refractivity contribution in [3.8, 4) is 0 Å². The van der Waals surface area contributed by atoms with Crippen molar-refractivity contribution in [3.63, 3.8) is 0 Å². The van der Waals surface area contributed by atoms with Crippen LogP contribution < -0.4 is 5.32 Å². The summed E-state index contributed by atoms with van der Waals surface area (Å²) in [4.78, 5) is 28.6. The second-order valence-corrected chi connectivity index (χ2v) is 8.51. The van der Waals surface area contributed by atoms with E-state index in [2.05, 4.69) is 27.7 Å². The first-order valence-corrected chi connectivity index (χ1v) is 10.5. The molecule has 0 spiro atoms. The molecule has 3 rings (SSSR count). The Labute approximate surface area is 156 Å². The van der Waals surface area contributed by atoms with Crippen LogP contribution in [0, 0.1) is 5.92 Å². The maximum Gasteiger partial charge on any atom is 0.220 e. The summed E-state index contributed by atoms with van der Waals surface area (Å²) in [5.41, 5.74) is 0. The van der Waals surface area contributed by atoms with Gasteiger partial charge in [0.1, 0.15) is 0 Å². The zero-order valence-electron chi connectivity index (χ0n) is 14.3. The number of likely N-dealkylation sites (tertiary alicyclic amines) is 1. The van der Waals surface area contributed by atoms with Gasteiger partial charge in [0.25, 0.3) is 0 Å². The van der Waals surface area contributed by atoms with Crippen molar-refractivity contribution in [2.24, 2.45) is 5.92 Å². The van der Waals surface area contributed by atoms with Gasteiger partial charge in [-0.3, -0.25) is 14.5 Å². The molecule has 3 heterocycles. The zero-order chi connectivity index (χ0) is 17.5. The first kappa shape index (κ1) is 18.3. The number of amides is 1. The molecule has 0 radical (unpaired) electrons. The van der Waals surface area contributed by atoms with Crippen molar-refractivity contribution in [2.75, 3.05) is 19.6 Å². The number of ketones is 1. The summed E-state index contributed by atoms with van der Waals surface area (Å²) in [6.45, 7) is 3.90. The van der Waals surface area contributed by atoms with E-state index >= 15 is 0 Å². The van der Waals surface area contributed by atoms with Crippen LogP contribution in [0.25, 0.3) is 0 Å². The van der Waals surface area contributed by atoms with Crippen LogP contribution in [0.4, 0.5) is 0 Å². The predicted molar refractivity (Wildman–Crippen MR) is 103 cm³/mol. The number of carbonyl (C=O) groups is 2. The number of piperidine rings is 1. The fraction of sp³-hybridized carbons (Fsp3) is 0.474. The molecule has 0 saturated carbocycles. The molecule has 4 nitrogen and oxygen atoms in total. The third-order valence-corrected chi connectivity index (χ3v) is 6.30. The van der Waals surface area contributed by atoms with Crippen molar-refractivity contribution < 1.29 is 9.59 Å². The Kier molecular flexibility index (Phi) is 6.78. The van der Waals surface area contributed by atoms with Gasteiger partial charge in [-0.15, -0.1) is 22.7 Å². The number of hydrogen-bond donors (Lipinski definition) is 1. The van der Waals surface area contributed by atoms with Crippen LogP contribution in [-0.2, 0) is 11.3 Å². The molecule has 6 heteroatoms. The van der Waals surface area contributed by atoms with Gasteiger partial charge in [-0.2, -0.15) is 0 Å². The Hall–Kier alpha value is -1.50. The summed E-state index contributed by atoms with van der Waals surface area (Å²) >= 11 is 3.24. The van der Waals surface area contributed by atoms with E-state index in [4.69, 9.17) is 0 Å². The number of nitrogens with zero attached hydrogens (tertiary/aromatic N) is 1. The molecule has 1 fully saturated rings. The second kappa shape index (κ2) is 9.27. The third kappa shape index (κ3) is 5.76. The zero-order valence-corrected chi connectivity index (χ0v) is 15.9. The highest BCUT2D eigenvalue weighted by atomic mass is 32.1. The molecule has 0 aromatic carbocycles. The summed E-state index contributed by atoms with van der Waals surface area (Å²) in [6, 6.07) is 7.96. The molecule has 1 saturated heterocycles. The van der Waals surface area contributed by atoms with Crippen molar-refractivity contribution in [2.45, 2.75) is 32.2 Å². The van der Waals surface area contributed by atoms with Crippen LogP contribution >= 0.6 is 22.7 Å². The minimum absolute atomic E-state index is 0.0136. The highest BCUT2D eigenvalue weighted by Crippen LogP contribution is 2.20. The standard InChI is InChI=1S/C19H24N2O2S2/c22-17(18-6-3-11-25-18)7-8-19(23)20-12-15-4-1-9-21(13-15)14-16-5-2-10-24-16/h2-3,5-6,10-11,15H,1,4,7-9,12-14H2,(H,20,23). The van der Waals surface area contributed by atoms with Crippen LogP contribution in [0.2, 0.25) is 0 Å². The molecule has 134 valence electrons. The lowest BCUT2D eigenvalue weighted by atomic mass is 9.98. The van der Waals surface area contributed by atoms with Crippen molar-refractivity contribution in [1.29, 1.82) is 0 Å². The van der Waals surface area contributed by atoms with E-state index < -0.39 is 0 Å². The Morgan fingerprint density at radius 2 is 2.00 bits per heavy atom. The van der Waals surface area contributed by atoms with Crippen molar-refractivity contribution >= 4 is 34.4 Å². The highest BCUT2D eigenvalue weighted by Gasteiger charge is 2.21. The SMILES string of the molecule is O=C(CCC(=O)c1cccs1)NCC1CCCN(Cc2cccs2)C1. The topological polar surface area (TPSA) is 49.4 Å². The van der Waals surface area contributed by atoms with Gasteiger partial charge in [0, 0.05) is 37.4 Å². The molecule has 1 amide bonds. The van der Waals surface area contributed by atoms with Gasteiger partial charge in [0.15, 0.2) is 5.78 Å². The lowest BCUT2D eigenvalue weighted by molar-refractivity contribution is -0.121. The Balaban J connectivity index is 1.36. The first-order chi connectivity index (χ1) is 12.2. The molecule has 25 heavy (non-hydrogen) atoms. The van der Waals surface area contributed by atoms with E-state index in [1.54, 1.807) is 11.3 Å². The maximum atomic E-state index is 12.0. The molecule has 1 aliphatic rings. The van der Waals surface area contributed by atoms with Gasteiger partial charge in [-0.05, 0) is 48.2 Å². The van der Waals surface area contributed by atoms with Gasteiger partial charge in [0.2, 0.25) is 5.91 Å². The lowest BCUT2D eigenvalue weighted by Gasteiger charge is -2.32. The molecule has 0 bridgehead atoms. The third-order valence-electron chi connectivity index (χ3n) is 4.53. The summed E-state index contributed by atoms with van der Waals surface area (Å²) in [6.07, 6.45) is 2.92.